The summed E-state index contributed by atoms with van der Waals surface area (Å²) in [6.45, 7) is 4.87. The third-order valence-corrected chi connectivity index (χ3v) is 7.53. The highest BCUT2D eigenvalue weighted by Crippen LogP contribution is 2.28. The number of amides is 1. The summed E-state index contributed by atoms with van der Waals surface area (Å²) in [5.74, 6) is -0.871. The number of hydrogen-bond acceptors (Lipinski definition) is 6. The lowest BCUT2D eigenvalue weighted by Gasteiger charge is -2.23. The molecule has 0 aliphatic heterocycles. The fraction of sp³-hybridized carbons (Fsp3) is 0.185. The van der Waals surface area contributed by atoms with E-state index >= 15 is 0 Å². The van der Waals surface area contributed by atoms with Crippen LogP contribution in [0.5, 0.6) is 5.75 Å². The molecule has 37 heavy (non-hydrogen) atoms. The maximum atomic E-state index is 13.5. The van der Waals surface area contributed by atoms with Crippen molar-refractivity contribution in [1.82, 2.24) is 5.32 Å². The van der Waals surface area contributed by atoms with Crippen molar-refractivity contribution in [1.29, 1.82) is 0 Å². The van der Waals surface area contributed by atoms with E-state index in [0.29, 0.717) is 11.4 Å². The van der Waals surface area contributed by atoms with Crippen molar-refractivity contribution < 1.29 is 27.5 Å². The van der Waals surface area contributed by atoms with Crippen molar-refractivity contribution in [2.24, 2.45) is 0 Å². The van der Waals surface area contributed by atoms with Crippen molar-refractivity contribution >= 4 is 39.2 Å². The Hall–Kier alpha value is -3.82. The molecule has 0 bridgehead atoms. The van der Waals surface area contributed by atoms with Gasteiger partial charge in [0, 0.05) is 0 Å². The Bertz CT molecular complexity index is 1360. The van der Waals surface area contributed by atoms with Crippen LogP contribution < -0.4 is 14.4 Å². The molecule has 0 aliphatic rings. The Balaban J connectivity index is 1.76. The average molecular weight is 543 g/mol. The average Bonchev–Trinajstić information content (AvgIpc) is 2.91. The minimum absolute atomic E-state index is 0.0123. The fourth-order valence-electron chi connectivity index (χ4n) is 3.47. The minimum Gasteiger partial charge on any atom is -0.497 e. The van der Waals surface area contributed by atoms with Crippen molar-refractivity contribution in [2.45, 2.75) is 17.9 Å². The van der Waals surface area contributed by atoms with Gasteiger partial charge >= 0.3 is 5.97 Å². The third-order valence-electron chi connectivity index (χ3n) is 5.41. The molecule has 194 valence electrons. The Morgan fingerprint density at radius 1 is 1.08 bits per heavy atom. The van der Waals surface area contributed by atoms with Gasteiger partial charge in [-0.2, -0.15) is 0 Å². The van der Waals surface area contributed by atoms with E-state index in [1.807, 2.05) is 30.3 Å². The molecule has 0 fully saturated rings. The molecule has 0 saturated carbocycles. The Labute approximate surface area is 221 Å². The molecule has 0 saturated heterocycles. The lowest BCUT2D eigenvalue weighted by Crippen LogP contribution is -2.32. The van der Waals surface area contributed by atoms with Gasteiger partial charge in [-0.1, -0.05) is 48.0 Å². The number of halogens is 1. The van der Waals surface area contributed by atoms with E-state index in [0.717, 1.165) is 15.9 Å². The molecular formula is C27H27ClN2O6S. The van der Waals surface area contributed by atoms with Gasteiger partial charge < -0.3 is 14.8 Å². The highest BCUT2D eigenvalue weighted by atomic mass is 35.5. The van der Waals surface area contributed by atoms with Crippen LogP contribution in [0.25, 0.3) is 0 Å². The van der Waals surface area contributed by atoms with E-state index in [1.165, 1.54) is 25.3 Å². The summed E-state index contributed by atoms with van der Waals surface area (Å²) in [4.78, 5) is 24.8. The summed E-state index contributed by atoms with van der Waals surface area (Å²) in [5, 5.41) is 2.73. The Kier molecular flexibility index (Phi) is 9.32. The first-order valence-electron chi connectivity index (χ1n) is 11.3. The van der Waals surface area contributed by atoms with Crippen LogP contribution in [0.4, 0.5) is 5.69 Å². The van der Waals surface area contributed by atoms with Crippen LogP contribution in [0.15, 0.2) is 90.3 Å². The summed E-state index contributed by atoms with van der Waals surface area (Å²) >= 11 is 6.17. The monoisotopic (exact) mass is 542 g/mol. The minimum atomic E-state index is -4.11. The molecular weight excluding hydrogens is 516 g/mol. The second-order valence-corrected chi connectivity index (χ2v) is 10.2. The van der Waals surface area contributed by atoms with E-state index in [1.54, 1.807) is 31.2 Å². The summed E-state index contributed by atoms with van der Waals surface area (Å²) in [6.07, 6.45) is 1.45. The maximum Gasteiger partial charge on any atom is 0.340 e. The van der Waals surface area contributed by atoms with Crippen LogP contribution >= 0.6 is 11.6 Å². The number of methoxy groups -OCH3 is 1. The van der Waals surface area contributed by atoms with Crippen LogP contribution in [0.3, 0.4) is 0 Å². The number of esters is 1. The van der Waals surface area contributed by atoms with Gasteiger partial charge in [0.15, 0.2) is 6.61 Å². The molecule has 0 spiro atoms. The van der Waals surface area contributed by atoms with Gasteiger partial charge in [-0.25, -0.2) is 13.2 Å². The number of carbonyl (C=O) groups excluding carboxylic acids is 2. The molecule has 0 aliphatic carbocycles. The molecule has 3 aromatic carbocycles. The molecule has 1 amide bonds. The van der Waals surface area contributed by atoms with Crippen molar-refractivity contribution in [2.75, 3.05) is 24.6 Å². The largest absolute Gasteiger partial charge is 0.497 e. The highest BCUT2D eigenvalue weighted by molar-refractivity contribution is 7.92. The molecule has 0 aromatic heterocycles. The molecule has 1 atom stereocenters. The third kappa shape index (κ3) is 6.90. The van der Waals surface area contributed by atoms with E-state index in [2.05, 4.69) is 11.9 Å². The number of nitrogens with one attached hydrogen (secondary N) is 1. The maximum absolute atomic E-state index is 13.5. The molecule has 3 aromatic rings. The molecule has 0 unspecified atom stereocenters. The molecule has 0 heterocycles. The zero-order chi connectivity index (χ0) is 27.0. The quantitative estimate of drug-likeness (QED) is 0.277. The molecule has 0 radical (unpaired) electrons. The second kappa shape index (κ2) is 12.4. The van der Waals surface area contributed by atoms with Gasteiger partial charge in [-0.15, -0.1) is 6.58 Å². The fourth-order valence-corrected chi connectivity index (χ4v) is 5.13. The van der Waals surface area contributed by atoms with E-state index in [9.17, 15) is 18.0 Å². The van der Waals surface area contributed by atoms with Gasteiger partial charge in [0.05, 0.1) is 40.9 Å². The van der Waals surface area contributed by atoms with Crippen molar-refractivity contribution in [3.8, 4) is 5.75 Å². The topological polar surface area (TPSA) is 102 Å². The van der Waals surface area contributed by atoms with Crippen LogP contribution in [-0.2, 0) is 19.6 Å². The first kappa shape index (κ1) is 27.8. The lowest BCUT2D eigenvalue weighted by molar-refractivity contribution is -0.124. The van der Waals surface area contributed by atoms with E-state index < -0.39 is 28.5 Å². The molecule has 3 rings (SSSR count). The number of ether oxygens (including phenoxy) is 2. The number of nitrogens with zero attached hydrogens (tertiary/aromatic N) is 1. The number of anilines is 1. The van der Waals surface area contributed by atoms with Crippen LogP contribution in [-0.4, -0.2) is 40.6 Å². The van der Waals surface area contributed by atoms with Crippen molar-refractivity contribution in [3.05, 3.63) is 102 Å². The van der Waals surface area contributed by atoms with E-state index in [4.69, 9.17) is 21.1 Å². The summed E-state index contributed by atoms with van der Waals surface area (Å²) in [6, 6.07) is 19.2. The van der Waals surface area contributed by atoms with Gasteiger partial charge in [0.25, 0.3) is 15.9 Å². The predicted octanol–water partition coefficient (Wildman–Crippen LogP) is 4.76. The van der Waals surface area contributed by atoms with Gasteiger partial charge in [-0.3, -0.25) is 9.10 Å². The zero-order valence-corrected chi connectivity index (χ0v) is 22.0. The number of sulfonamides is 1. The normalized spacial score (nSPS) is 11.8. The number of hydrogen-bond donors (Lipinski definition) is 1. The predicted molar refractivity (Wildman–Crippen MR) is 142 cm³/mol. The second-order valence-electron chi connectivity index (χ2n) is 7.94. The first-order valence-corrected chi connectivity index (χ1v) is 13.1. The number of benzene rings is 3. The Morgan fingerprint density at radius 2 is 1.76 bits per heavy atom. The van der Waals surface area contributed by atoms with Crippen molar-refractivity contribution in [3.63, 3.8) is 0 Å². The van der Waals surface area contributed by atoms with E-state index in [-0.39, 0.29) is 28.1 Å². The number of carbonyl (C=O) groups is 2. The first-order chi connectivity index (χ1) is 17.7. The van der Waals surface area contributed by atoms with Gasteiger partial charge in [0.1, 0.15) is 5.75 Å². The summed E-state index contributed by atoms with van der Waals surface area (Å²) in [5.41, 5.74) is 1.09. The standard InChI is InChI=1S/C27H27ClN2O6S/c1-4-16-30(21-10-12-22(35-3)13-11-21)37(33,34)23-14-15-25(28)24(17-23)27(32)36-18-26(31)29-19(2)20-8-6-5-7-9-20/h4-15,17,19H,1,16,18H2,2-3H3,(H,29,31)/t19-/m1/s1. The van der Waals surface area contributed by atoms with Gasteiger partial charge in [0.2, 0.25) is 0 Å². The highest BCUT2D eigenvalue weighted by Gasteiger charge is 2.26. The molecule has 8 nitrogen and oxygen atoms in total. The lowest BCUT2D eigenvalue weighted by atomic mass is 10.1. The SMILES string of the molecule is C=CCN(c1ccc(OC)cc1)S(=O)(=O)c1ccc(Cl)c(C(=O)OCC(=O)N[C@H](C)c2ccccc2)c1. The summed E-state index contributed by atoms with van der Waals surface area (Å²) < 4.78 is 38.3. The molecule has 10 heteroatoms. The van der Waals surface area contributed by atoms with Crippen LogP contribution in [0.2, 0.25) is 5.02 Å². The van der Waals surface area contributed by atoms with Crippen LogP contribution in [0.1, 0.15) is 28.9 Å². The van der Waals surface area contributed by atoms with Gasteiger partial charge in [-0.05, 0) is 55.0 Å². The smallest absolute Gasteiger partial charge is 0.340 e. The number of rotatable bonds is 11. The van der Waals surface area contributed by atoms with Crippen LogP contribution in [0, 0.1) is 0 Å². The Morgan fingerprint density at radius 3 is 2.38 bits per heavy atom. The zero-order valence-electron chi connectivity index (χ0n) is 20.4. The molecule has 1 N–H and O–H groups in total. The summed E-state index contributed by atoms with van der Waals surface area (Å²) in [7, 11) is -2.60.